The molecule has 2 heterocycles. The third-order valence-corrected chi connectivity index (χ3v) is 4.52. The summed E-state index contributed by atoms with van der Waals surface area (Å²) in [5.74, 6) is 0. The molecule has 1 saturated heterocycles. The van der Waals surface area contributed by atoms with Gasteiger partial charge < -0.3 is 10.0 Å². The Bertz CT molecular complexity index is 322. The number of aryl methyl sites for hydroxylation is 1. The predicted octanol–water partition coefficient (Wildman–Crippen LogP) is 2.97. The summed E-state index contributed by atoms with van der Waals surface area (Å²) in [6.45, 7) is 4.49. The van der Waals surface area contributed by atoms with Crippen LogP contribution in [-0.4, -0.2) is 23.2 Å². The van der Waals surface area contributed by atoms with Crippen molar-refractivity contribution in [2.75, 3.05) is 18.0 Å². The maximum absolute atomic E-state index is 9.31. The maximum atomic E-state index is 9.31. The molecule has 2 rings (SSSR count). The van der Waals surface area contributed by atoms with Crippen LogP contribution >= 0.6 is 11.3 Å². The van der Waals surface area contributed by atoms with Crippen molar-refractivity contribution < 1.29 is 5.11 Å². The van der Waals surface area contributed by atoms with Crippen molar-refractivity contribution in [3.8, 4) is 0 Å². The van der Waals surface area contributed by atoms with Crippen LogP contribution in [0.15, 0.2) is 0 Å². The summed E-state index contributed by atoms with van der Waals surface area (Å²) in [4.78, 5) is 8.13. The van der Waals surface area contributed by atoms with Crippen LogP contribution in [0.25, 0.3) is 0 Å². The van der Waals surface area contributed by atoms with Gasteiger partial charge in [0.25, 0.3) is 0 Å². The second kappa shape index (κ2) is 6.36. The van der Waals surface area contributed by atoms with Crippen molar-refractivity contribution in [1.82, 2.24) is 4.98 Å². The van der Waals surface area contributed by atoms with Gasteiger partial charge in [-0.2, -0.15) is 0 Å². The number of anilines is 1. The molecule has 1 aromatic rings. The van der Waals surface area contributed by atoms with Gasteiger partial charge in [-0.15, -0.1) is 0 Å². The molecule has 3 nitrogen and oxygen atoms in total. The Morgan fingerprint density at radius 2 is 1.82 bits per heavy atom. The van der Waals surface area contributed by atoms with E-state index < -0.39 is 0 Å². The molecule has 0 radical (unpaired) electrons. The number of hydrogen-bond acceptors (Lipinski definition) is 4. The number of aliphatic hydroxyl groups excluding tert-OH is 1. The van der Waals surface area contributed by atoms with E-state index >= 15 is 0 Å². The van der Waals surface area contributed by atoms with Crippen LogP contribution in [0.1, 0.15) is 49.6 Å². The fraction of sp³-hybridized carbons (Fsp3) is 0.769. The summed E-state index contributed by atoms with van der Waals surface area (Å²) < 4.78 is 0. The Kier molecular flexibility index (Phi) is 4.80. The molecule has 0 unspecified atom stereocenters. The van der Waals surface area contributed by atoms with Crippen molar-refractivity contribution >= 4 is 16.5 Å². The standard InChI is InChI=1S/C13H22N2OS/c1-2-11-12(10-16)17-13(14-11)15-8-6-4-3-5-7-9-15/h16H,2-10H2,1H3. The van der Waals surface area contributed by atoms with E-state index in [2.05, 4.69) is 16.8 Å². The molecule has 0 atom stereocenters. The second-order valence-electron chi connectivity index (χ2n) is 4.63. The number of aromatic nitrogens is 1. The normalized spacial score (nSPS) is 17.9. The molecule has 0 amide bonds. The van der Waals surface area contributed by atoms with Crippen LogP contribution in [0.2, 0.25) is 0 Å². The Hall–Kier alpha value is -0.610. The van der Waals surface area contributed by atoms with E-state index in [1.807, 2.05) is 0 Å². The molecule has 1 N–H and O–H groups in total. The molecule has 0 aliphatic carbocycles. The molecular formula is C13H22N2OS. The van der Waals surface area contributed by atoms with Gasteiger partial charge in [0.15, 0.2) is 5.13 Å². The number of thiazole rings is 1. The highest BCUT2D eigenvalue weighted by Gasteiger charge is 2.15. The van der Waals surface area contributed by atoms with Gasteiger partial charge in [-0.25, -0.2) is 4.98 Å². The summed E-state index contributed by atoms with van der Waals surface area (Å²) in [5, 5.41) is 10.4. The molecule has 0 aromatic carbocycles. The average molecular weight is 254 g/mol. The first kappa shape index (κ1) is 12.8. The summed E-state index contributed by atoms with van der Waals surface area (Å²) >= 11 is 1.67. The average Bonchev–Trinajstić information content (AvgIpc) is 2.71. The van der Waals surface area contributed by atoms with Crippen LogP contribution in [-0.2, 0) is 13.0 Å². The Balaban J connectivity index is 2.10. The van der Waals surface area contributed by atoms with Crippen molar-refractivity contribution in [2.24, 2.45) is 0 Å². The quantitative estimate of drug-likeness (QED) is 0.901. The highest BCUT2D eigenvalue weighted by Crippen LogP contribution is 2.28. The molecule has 0 saturated carbocycles. The minimum Gasteiger partial charge on any atom is -0.391 e. The number of rotatable bonds is 3. The molecule has 1 fully saturated rings. The Morgan fingerprint density at radius 1 is 1.18 bits per heavy atom. The maximum Gasteiger partial charge on any atom is 0.185 e. The van der Waals surface area contributed by atoms with Gasteiger partial charge in [0, 0.05) is 13.1 Å². The van der Waals surface area contributed by atoms with Crippen LogP contribution in [0.4, 0.5) is 5.13 Å². The van der Waals surface area contributed by atoms with E-state index in [4.69, 9.17) is 0 Å². The largest absolute Gasteiger partial charge is 0.391 e. The SMILES string of the molecule is CCc1nc(N2CCCCCCC2)sc1CO. The second-order valence-corrected chi connectivity index (χ2v) is 5.69. The van der Waals surface area contributed by atoms with Crippen LogP contribution in [0, 0.1) is 0 Å². The first-order valence-electron chi connectivity index (χ1n) is 6.69. The van der Waals surface area contributed by atoms with Gasteiger partial charge in [0.1, 0.15) is 0 Å². The highest BCUT2D eigenvalue weighted by atomic mass is 32.1. The lowest BCUT2D eigenvalue weighted by Gasteiger charge is -2.23. The molecule has 1 aliphatic heterocycles. The summed E-state index contributed by atoms with van der Waals surface area (Å²) in [5.41, 5.74) is 1.08. The van der Waals surface area contributed by atoms with E-state index in [-0.39, 0.29) is 6.61 Å². The first-order valence-corrected chi connectivity index (χ1v) is 7.51. The van der Waals surface area contributed by atoms with Gasteiger partial charge in [0.2, 0.25) is 0 Å². The van der Waals surface area contributed by atoms with Gasteiger partial charge in [0.05, 0.1) is 17.2 Å². The van der Waals surface area contributed by atoms with Crippen molar-refractivity contribution in [3.05, 3.63) is 10.6 Å². The van der Waals surface area contributed by atoms with E-state index in [9.17, 15) is 5.11 Å². The smallest absolute Gasteiger partial charge is 0.185 e. The molecule has 1 aliphatic rings. The number of aliphatic hydroxyl groups is 1. The first-order chi connectivity index (χ1) is 8.35. The molecule has 96 valence electrons. The fourth-order valence-corrected chi connectivity index (χ4v) is 3.40. The molecule has 0 bridgehead atoms. The van der Waals surface area contributed by atoms with E-state index in [1.165, 1.54) is 32.1 Å². The van der Waals surface area contributed by atoms with E-state index in [0.29, 0.717) is 0 Å². The Labute approximate surface area is 107 Å². The molecule has 17 heavy (non-hydrogen) atoms. The summed E-state index contributed by atoms with van der Waals surface area (Å²) in [7, 11) is 0. The lowest BCUT2D eigenvalue weighted by Crippen LogP contribution is -2.26. The monoisotopic (exact) mass is 254 g/mol. The molecule has 1 aromatic heterocycles. The summed E-state index contributed by atoms with van der Waals surface area (Å²) in [6, 6.07) is 0. The van der Waals surface area contributed by atoms with Crippen LogP contribution < -0.4 is 4.90 Å². The highest BCUT2D eigenvalue weighted by molar-refractivity contribution is 7.15. The summed E-state index contributed by atoms with van der Waals surface area (Å²) in [6.07, 6.45) is 7.53. The topological polar surface area (TPSA) is 36.4 Å². The lowest BCUT2D eigenvalue weighted by molar-refractivity contribution is 0.284. The zero-order chi connectivity index (χ0) is 12.1. The zero-order valence-electron chi connectivity index (χ0n) is 10.6. The third kappa shape index (κ3) is 3.19. The van der Waals surface area contributed by atoms with Crippen molar-refractivity contribution in [3.63, 3.8) is 0 Å². The van der Waals surface area contributed by atoms with Crippen LogP contribution in [0.5, 0.6) is 0 Å². The van der Waals surface area contributed by atoms with Crippen molar-refractivity contribution in [1.29, 1.82) is 0 Å². The van der Waals surface area contributed by atoms with Gasteiger partial charge in [-0.3, -0.25) is 0 Å². The number of nitrogens with zero attached hydrogens (tertiary/aromatic N) is 2. The molecule has 0 spiro atoms. The van der Waals surface area contributed by atoms with Gasteiger partial charge in [-0.1, -0.05) is 37.5 Å². The third-order valence-electron chi connectivity index (χ3n) is 3.37. The molecular weight excluding hydrogens is 232 g/mol. The lowest BCUT2D eigenvalue weighted by atomic mass is 10.1. The van der Waals surface area contributed by atoms with Gasteiger partial charge >= 0.3 is 0 Å². The predicted molar refractivity (Wildman–Crippen MR) is 72.7 cm³/mol. The fourth-order valence-electron chi connectivity index (χ4n) is 2.34. The minimum absolute atomic E-state index is 0.134. The van der Waals surface area contributed by atoms with Crippen LogP contribution in [0.3, 0.4) is 0 Å². The van der Waals surface area contributed by atoms with Crippen molar-refractivity contribution in [2.45, 2.75) is 52.1 Å². The number of hydrogen-bond donors (Lipinski definition) is 1. The Morgan fingerprint density at radius 3 is 2.35 bits per heavy atom. The van der Waals surface area contributed by atoms with Gasteiger partial charge in [-0.05, 0) is 19.3 Å². The zero-order valence-corrected chi connectivity index (χ0v) is 11.4. The van der Waals surface area contributed by atoms with E-state index in [1.54, 1.807) is 11.3 Å². The van der Waals surface area contributed by atoms with E-state index in [0.717, 1.165) is 35.2 Å². The minimum atomic E-state index is 0.134. The molecule has 4 heteroatoms.